The average molecular weight is 452 g/mol. The fourth-order valence-corrected chi connectivity index (χ4v) is 3.39. The van der Waals surface area contributed by atoms with Crippen LogP contribution in [0.15, 0.2) is 54.7 Å². The zero-order valence-corrected chi connectivity index (χ0v) is 18.2. The van der Waals surface area contributed by atoms with Crippen LogP contribution < -0.4 is 14.8 Å². The Morgan fingerprint density at radius 3 is 2.48 bits per heavy atom. The van der Waals surface area contributed by atoms with Gasteiger partial charge in [0.1, 0.15) is 11.8 Å². The van der Waals surface area contributed by atoms with Gasteiger partial charge in [-0.3, -0.25) is 0 Å². The van der Waals surface area contributed by atoms with Gasteiger partial charge in [0.05, 0.1) is 7.11 Å². The predicted octanol–water partition coefficient (Wildman–Crippen LogP) is 5.96. The van der Waals surface area contributed by atoms with Crippen molar-refractivity contribution < 1.29 is 9.47 Å². The van der Waals surface area contributed by atoms with Crippen LogP contribution in [0.5, 0.6) is 11.5 Å². The summed E-state index contributed by atoms with van der Waals surface area (Å²) >= 11 is 17.9. The molecule has 0 unspecified atom stereocenters. The zero-order chi connectivity index (χ0) is 20.6. The predicted molar refractivity (Wildman–Crippen MR) is 118 cm³/mol. The monoisotopic (exact) mass is 450 g/mol. The van der Waals surface area contributed by atoms with E-state index in [0.29, 0.717) is 39.8 Å². The maximum atomic E-state index is 6.21. The Labute approximate surface area is 185 Å². The topological polar surface area (TPSA) is 43.4 Å². The maximum Gasteiger partial charge on any atom is 0.161 e. The molecule has 0 aliphatic rings. The molecule has 1 aromatic heterocycles. The van der Waals surface area contributed by atoms with E-state index in [-0.39, 0.29) is 0 Å². The molecule has 0 saturated carbocycles. The number of halogens is 3. The minimum Gasteiger partial charge on any atom is -0.493 e. The summed E-state index contributed by atoms with van der Waals surface area (Å²) in [7, 11) is 1.63. The lowest BCUT2D eigenvalue weighted by atomic mass is 10.1. The number of ether oxygens (including phenoxy) is 2. The van der Waals surface area contributed by atoms with E-state index < -0.39 is 0 Å². The number of nitrogens with zero attached hydrogens (tertiary/aromatic N) is 1. The Hall–Kier alpha value is -1.98. The smallest absolute Gasteiger partial charge is 0.161 e. The Bertz CT molecular complexity index is 949. The average Bonchev–Trinajstić information content (AvgIpc) is 2.72. The summed E-state index contributed by atoms with van der Waals surface area (Å²) in [5.41, 5.74) is 3.11. The molecule has 3 rings (SSSR count). The summed E-state index contributed by atoms with van der Waals surface area (Å²) in [4.78, 5) is 4.05. The molecule has 0 bridgehead atoms. The Balaban J connectivity index is 1.52. The fraction of sp³-hybridized carbons (Fsp3) is 0.227. The van der Waals surface area contributed by atoms with Crippen LogP contribution >= 0.6 is 34.8 Å². The molecule has 2 aromatic carbocycles. The van der Waals surface area contributed by atoms with E-state index in [9.17, 15) is 0 Å². The normalized spacial score (nSPS) is 10.8. The Morgan fingerprint density at radius 2 is 1.76 bits per heavy atom. The van der Waals surface area contributed by atoms with Crippen molar-refractivity contribution in [2.75, 3.05) is 13.7 Å². The lowest BCUT2D eigenvalue weighted by Gasteiger charge is -2.13. The van der Waals surface area contributed by atoms with Crippen molar-refractivity contribution in [3.63, 3.8) is 0 Å². The molecular formula is C22H21Cl3N2O2. The third kappa shape index (κ3) is 6.51. The van der Waals surface area contributed by atoms with E-state index in [1.54, 1.807) is 25.4 Å². The number of methoxy groups -OCH3 is 1. The molecule has 29 heavy (non-hydrogen) atoms. The molecule has 0 amide bonds. The maximum absolute atomic E-state index is 6.21. The molecule has 0 aliphatic heterocycles. The number of hydrogen-bond acceptors (Lipinski definition) is 4. The van der Waals surface area contributed by atoms with E-state index in [0.717, 1.165) is 29.7 Å². The number of aromatic nitrogens is 1. The first-order chi connectivity index (χ1) is 14.0. The second-order valence-corrected chi connectivity index (χ2v) is 7.66. The number of rotatable bonds is 9. The molecule has 0 saturated heterocycles. The van der Waals surface area contributed by atoms with E-state index in [1.165, 1.54) is 0 Å². The molecule has 0 atom stereocenters. The molecule has 152 valence electrons. The summed E-state index contributed by atoms with van der Waals surface area (Å²) in [6.45, 7) is 1.90. The molecule has 7 heteroatoms. The molecule has 1 heterocycles. The largest absolute Gasteiger partial charge is 0.493 e. The van der Waals surface area contributed by atoms with Gasteiger partial charge < -0.3 is 14.8 Å². The minimum absolute atomic E-state index is 0.389. The molecule has 1 N–H and O–H groups in total. The van der Waals surface area contributed by atoms with Gasteiger partial charge in [0.2, 0.25) is 0 Å². The highest BCUT2D eigenvalue weighted by atomic mass is 35.5. The molecule has 0 radical (unpaired) electrons. The van der Waals surface area contributed by atoms with Crippen molar-refractivity contribution >= 4 is 34.8 Å². The van der Waals surface area contributed by atoms with Gasteiger partial charge >= 0.3 is 0 Å². The van der Waals surface area contributed by atoms with Gasteiger partial charge in [0.25, 0.3) is 0 Å². The molecule has 0 fully saturated rings. The second kappa shape index (κ2) is 10.7. The highest BCUT2D eigenvalue weighted by molar-refractivity contribution is 6.35. The number of benzene rings is 2. The van der Waals surface area contributed by atoms with E-state index in [4.69, 9.17) is 44.3 Å². The van der Waals surface area contributed by atoms with Gasteiger partial charge in [-0.05, 0) is 54.4 Å². The van der Waals surface area contributed by atoms with Crippen molar-refractivity contribution in [1.29, 1.82) is 0 Å². The third-order valence-electron chi connectivity index (χ3n) is 4.33. The fourth-order valence-electron chi connectivity index (χ4n) is 2.77. The van der Waals surface area contributed by atoms with Crippen LogP contribution in [-0.2, 0) is 19.6 Å². The Kier molecular flexibility index (Phi) is 8.01. The van der Waals surface area contributed by atoms with Crippen LogP contribution in [0.3, 0.4) is 0 Å². The van der Waals surface area contributed by atoms with Crippen LogP contribution in [0.25, 0.3) is 0 Å². The first-order valence-corrected chi connectivity index (χ1v) is 10.2. The lowest BCUT2D eigenvalue weighted by molar-refractivity contribution is 0.284. The summed E-state index contributed by atoms with van der Waals surface area (Å²) in [5.74, 6) is 1.37. The standard InChI is InChI=1S/C22H21Cl3N2O2/c1-28-21-10-15(12-26-9-8-17-4-5-18(23)11-19(17)24)2-6-20(21)29-14-16-3-7-22(25)27-13-16/h2-7,10-11,13,26H,8-9,12,14H2,1H3. The summed E-state index contributed by atoms with van der Waals surface area (Å²) in [5, 5.41) is 5.22. The van der Waals surface area contributed by atoms with Crippen molar-refractivity contribution in [2.45, 2.75) is 19.6 Å². The van der Waals surface area contributed by atoms with Crippen molar-refractivity contribution in [2.24, 2.45) is 0 Å². The van der Waals surface area contributed by atoms with Gasteiger partial charge in [0.15, 0.2) is 11.5 Å². The van der Waals surface area contributed by atoms with Crippen LogP contribution in [0.4, 0.5) is 0 Å². The van der Waals surface area contributed by atoms with Gasteiger partial charge in [-0.15, -0.1) is 0 Å². The quantitative estimate of drug-likeness (QED) is 0.322. The number of hydrogen-bond donors (Lipinski definition) is 1. The molecule has 0 spiro atoms. The SMILES string of the molecule is COc1cc(CNCCc2ccc(Cl)cc2Cl)ccc1OCc1ccc(Cl)nc1. The number of nitrogens with one attached hydrogen (secondary N) is 1. The summed E-state index contributed by atoms with van der Waals surface area (Å²) < 4.78 is 11.3. The van der Waals surface area contributed by atoms with Crippen LogP contribution in [0, 0.1) is 0 Å². The molecule has 0 aliphatic carbocycles. The van der Waals surface area contributed by atoms with E-state index in [2.05, 4.69) is 10.3 Å². The summed E-state index contributed by atoms with van der Waals surface area (Å²) in [6.07, 6.45) is 2.52. The first kappa shape index (κ1) is 21.7. The van der Waals surface area contributed by atoms with Crippen LogP contribution in [0.2, 0.25) is 15.2 Å². The van der Waals surface area contributed by atoms with Gasteiger partial charge in [0, 0.05) is 28.4 Å². The minimum atomic E-state index is 0.389. The van der Waals surface area contributed by atoms with Gasteiger partial charge in [-0.2, -0.15) is 0 Å². The van der Waals surface area contributed by atoms with Crippen molar-refractivity contribution in [1.82, 2.24) is 10.3 Å². The van der Waals surface area contributed by atoms with Crippen LogP contribution in [-0.4, -0.2) is 18.6 Å². The first-order valence-electron chi connectivity index (χ1n) is 9.10. The van der Waals surface area contributed by atoms with Gasteiger partial charge in [-0.25, -0.2) is 4.98 Å². The van der Waals surface area contributed by atoms with E-state index in [1.807, 2.05) is 36.4 Å². The Morgan fingerprint density at radius 1 is 0.931 bits per heavy atom. The van der Waals surface area contributed by atoms with E-state index >= 15 is 0 Å². The van der Waals surface area contributed by atoms with Crippen molar-refractivity contribution in [3.05, 3.63) is 86.6 Å². The van der Waals surface area contributed by atoms with Gasteiger partial charge in [-0.1, -0.05) is 53.0 Å². The summed E-state index contributed by atoms with van der Waals surface area (Å²) in [6, 6.07) is 15.1. The molecule has 3 aromatic rings. The third-order valence-corrected chi connectivity index (χ3v) is 5.14. The highest BCUT2D eigenvalue weighted by Crippen LogP contribution is 2.29. The van der Waals surface area contributed by atoms with Crippen molar-refractivity contribution in [3.8, 4) is 11.5 Å². The second-order valence-electron chi connectivity index (χ2n) is 6.43. The van der Waals surface area contributed by atoms with Crippen LogP contribution in [0.1, 0.15) is 16.7 Å². The lowest BCUT2D eigenvalue weighted by Crippen LogP contribution is -2.16. The molecule has 4 nitrogen and oxygen atoms in total. The molecular weight excluding hydrogens is 431 g/mol. The highest BCUT2D eigenvalue weighted by Gasteiger charge is 2.07. The number of pyridine rings is 1. The zero-order valence-electron chi connectivity index (χ0n) is 15.9.